The van der Waals surface area contributed by atoms with E-state index in [0.717, 1.165) is 24.8 Å². The van der Waals surface area contributed by atoms with Crippen molar-refractivity contribution in [3.63, 3.8) is 0 Å². The average Bonchev–Trinajstić information content (AvgIpc) is 2.44. The Morgan fingerprint density at radius 3 is 2.63 bits per heavy atom. The molecule has 0 aliphatic heterocycles. The summed E-state index contributed by atoms with van der Waals surface area (Å²) in [5.41, 5.74) is 4.75. The van der Waals surface area contributed by atoms with Gasteiger partial charge in [-0.15, -0.1) is 0 Å². The van der Waals surface area contributed by atoms with Gasteiger partial charge in [0.15, 0.2) is 5.78 Å². The summed E-state index contributed by atoms with van der Waals surface area (Å²) >= 11 is 0. The lowest BCUT2D eigenvalue weighted by molar-refractivity contribution is 0.0901. The zero-order valence-corrected chi connectivity index (χ0v) is 11.2. The van der Waals surface area contributed by atoms with E-state index < -0.39 is 0 Å². The Balaban J connectivity index is 1.85. The van der Waals surface area contributed by atoms with Crippen LogP contribution in [-0.2, 0) is 12.8 Å². The largest absolute Gasteiger partial charge is 0.294 e. The van der Waals surface area contributed by atoms with Crippen LogP contribution >= 0.6 is 0 Å². The summed E-state index contributed by atoms with van der Waals surface area (Å²) in [6.45, 7) is 2.12. The second-order valence-corrected chi connectivity index (χ2v) is 5.39. The van der Waals surface area contributed by atoms with E-state index in [2.05, 4.69) is 37.3 Å². The maximum Gasteiger partial charge on any atom is 0.166 e. The molecule has 1 atom stereocenters. The molecule has 2 aromatic carbocycles. The van der Waals surface area contributed by atoms with Gasteiger partial charge in [-0.05, 0) is 42.9 Å². The second-order valence-electron chi connectivity index (χ2n) is 5.39. The third-order valence-electron chi connectivity index (χ3n) is 4.14. The van der Waals surface area contributed by atoms with E-state index in [1.165, 1.54) is 16.7 Å². The molecule has 1 aliphatic carbocycles. The van der Waals surface area contributed by atoms with Crippen molar-refractivity contribution in [3.05, 3.63) is 70.8 Å². The van der Waals surface area contributed by atoms with Crippen LogP contribution in [0.15, 0.2) is 48.5 Å². The predicted octanol–water partition coefficient (Wildman–Crippen LogP) is 3.98. The van der Waals surface area contributed by atoms with Gasteiger partial charge >= 0.3 is 0 Å². The van der Waals surface area contributed by atoms with Crippen molar-refractivity contribution in [2.24, 2.45) is 5.92 Å². The van der Waals surface area contributed by atoms with Crippen LogP contribution in [0.5, 0.6) is 0 Å². The first-order valence-corrected chi connectivity index (χ1v) is 6.92. The molecule has 19 heavy (non-hydrogen) atoms. The average molecular weight is 250 g/mol. The van der Waals surface area contributed by atoms with Crippen LogP contribution in [0.3, 0.4) is 0 Å². The maximum absolute atomic E-state index is 12.5. The van der Waals surface area contributed by atoms with Crippen LogP contribution in [0.25, 0.3) is 0 Å². The molecule has 0 amide bonds. The molecule has 0 fully saturated rings. The van der Waals surface area contributed by atoms with Crippen molar-refractivity contribution >= 4 is 5.78 Å². The van der Waals surface area contributed by atoms with E-state index in [1.807, 2.05) is 18.2 Å². The van der Waals surface area contributed by atoms with Gasteiger partial charge in [0.05, 0.1) is 0 Å². The number of carbonyl (C=O) groups is 1. The molecule has 1 unspecified atom stereocenters. The predicted molar refractivity (Wildman–Crippen MR) is 77.5 cm³/mol. The van der Waals surface area contributed by atoms with Crippen LogP contribution < -0.4 is 0 Å². The standard InChI is InChI=1S/C18H18O/c1-13-6-2-3-8-15(13)12-16-11-10-14-7-4-5-9-17(14)18(16)19/h2-9,16H,10-12H2,1H3. The molecule has 3 rings (SSSR count). The molecule has 0 bridgehead atoms. The number of rotatable bonds is 2. The molecule has 0 spiro atoms. The highest BCUT2D eigenvalue weighted by Crippen LogP contribution is 2.28. The van der Waals surface area contributed by atoms with Crippen LogP contribution in [0.1, 0.15) is 33.5 Å². The van der Waals surface area contributed by atoms with Gasteiger partial charge in [0, 0.05) is 11.5 Å². The first-order valence-electron chi connectivity index (χ1n) is 6.92. The van der Waals surface area contributed by atoms with Crippen LogP contribution in [-0.4, -0.2) is 5.78 Å². The van der Waals surface area contributed by atoms with E-state index in [4.69, 9.17) is 0 Å². The number of Topliss-reactive ketones (excluding diaryl/α,β-unsaturated/α-hetero) is 1. The van der Waals surface area contributed by atoms with Gasteiger partial charge < -0.3 is 0 Å². The number of ketones is 1. The number of hydrogen-bond donors (Lipinski definition) is 0. The maximum atomic E-state index is 12.5. The van der Waals surface area contributed by atoms with Crippen molar-refractivity contribution in [2.45, 2.75) is 26.2 Å². The van der Waals surface area contributed by atoms with Gasteiger partial charge in [0.1, 0.15) is 0 Å². The monoisotopic (exact) mass is 250 g/mol. The number of carbonyl (C=O) groups excluding carboxylic acids is 1. The summed E-state index contributed by atoms with van der Waals surface area (Å²) in [6, 6.07) is 16.4. The topological polar surface area (TPSA) is 17.1 Å². The first kappa shape index (κ1) is 12.2. The SMILES string of the molecule is Cc1ccccc1CC1CCc2ccccc2C1=O. The molecular weight excluding hydrogens is 232 g/mol. The molecule has 1 aliphatic rings. The summed E-state index contributed by atoms with van der Waals surface area (Å²) < 4.78 is 0. The summed E-state index contributed by atoms with van der Waals surface area (Å²) in [7, 11) is 0. The highest BCUT2D eigenvalue weighted by molar-refractivity contribution is 6.00. The fraction of sp³-hybridized carbons (Fsp3) is 0.278. The van der Waals surface area contributed by atoms with Crippen molar-refractivity contribution in [1.82, 2.24) is 0 Å². The Hall–Kier alpha value is -1.89. The number of benzene rings is 2. The van der Waals surface area contributed by atoms with Crippen molar-refractivity contribution in [1.29, 1.82) is 0 Å². The van der Waals surface area contributed by atoms with Gasteiger partial charge in [0.25, 0.3) is 0 Å². The van der Waals surface area contributed by atoms with Crippen molar-refractivity contribution in [2.75, 3.05) is 0 Å². The normalized spacial score (nSPS) is 18.2. The quantitative estimate of drug-likeness (QED) is 0.787. The van der Waals surface area contributed by atoms with Crippen molar-refractivity contribution in [3.8, 4) is 0 Å². The second kappa shape index (κ2) is 5.00. The zero-order chi connectivity index (χ0) is 13.2. The van der Waals surface area contributed by atoms with Gasteiger partial charge in [-0.2, -0.15) is 0 Å². The minimum absolute atomic E-state index is 0.149. The third kappa shape index (κ3) is 2.33. The van der Waals surface area contributed by atoms with Gasteiger partial charge in [-0.1, -0.05) is 48.5 Å². The van der Waals surface area contributed by atoms with E-state index in [9.17, 15) is 4.79 Å². The molecule has 0 saturated heterocycles. The van der Waals surface area contributed by atoms with Gasteiger partial charge in [-0.25, -0.2) is 0 Å². The van der Waals surface area contributed by atoms with Crippen LogP contribution in [0, 0.1) is 12.8 Å². The lowest BCUT2D eigenvalue weighted by Crippen LogP contribution is -2.24. The van der Waals surface area contributed by atoms with Crippen molar-refractivity contribution < 1.29 is 4.79 Å². The molecule has 0 heterocycles. The van der Waals surface area contributed by atoms with Gasteiger partial charge in [0.2, 0.25) is 0 Å². The Labute approximate surface area is 114 Å². The smallest absolute Gasteiger partial charge is 0.166 e. The van der Waals surface area contributed by atoms with E-state index in [0.29, 0.717) is 5.78 Å². The number of fused-ring (bicyclic) bond motifs is 1. The third-order valence-corrected chi connectivity index (χ3v) is 4.14. The lowest BCUT2D eigenvalue weighted by atomic mass is 9.79. The molecular formula is C18H18O. The number of aryl methyl sites for hydroxylation is 2. The van der Waals surface area contributed by atoms with E-state index in [1.54, 1.807) is 0 Å². The zero-order valence-electron chi connectivity index (χ0n) is 11.2. The summed E-state index contributed by atoms with van der Waals surface area (Å²) in [6.07, 6.45) is 2.88. The lowest BCUT2D eigenvalue weighted by Gasteiger charge is -2.23. The highest BCUT2D eigenvalue weighted by Gasteiger charge is 2.27. The molecule has 0 N–H and O–H groups in total. The molecule has 2 aromatic rings. The summed E-state index contributed by atoms with van der Waals surface area (Å²) in [5, 5.41) is 0. The fourth-order valence-electron chi connectivity index (χ4n) is 2.96. The molecule has 1 heteroatoms. The fourth-order valence-corrected chi connectivity index (χ4v) is 2.96. The minimum atomic E-state index is 0.149. The summed E-state index contributed by atoms with van der Waals surface area (Å²) in [5.74, 6) is 0.473. The molecule has 96 valence electrons. The first-order chi connectivity index (χ1) is 9.25. The molecule has 0 saturated carbocycles. The van der Waals surface area contributed by atoms with Crippen LogP contribution in [0.4, 0.5) is 0 Å². The highest BCUT2D eigenvalue weighted by atomic mass is 16.1. The van der Waals surface area contributed by atoms with Crippen LogP contribution in [0.2, 0.25) is 0 Å². The van der Waals surface area contributed by atoms with Gasteiger partial charge in [-0.3, -0.25) is 4.79 Å². The molecule has 1 nitrogen and oxygen atoms in total. The Morgan fingerprint density at radius 1 is 1.05 bits per heavy atom. The van der Waals surface area contributed by atoms with E-state index >= 15 is 0 Å². The Kier molecular flexibility index (Phi) is 3.20. The number of hydrogen-bond acceptors (Lipinski definition) is 1. The summed E-state index contributed by atoms with van der Waals surface area (Å²) in [4.78, 5) is 12.5. The minimum Gasteiger partial charge on any atom is -0.294 e. The van der Waals surface area contributed by atoms with E-state index in [-0.39, 0.29) is 5.92 Å². The Bertz CT molecular complexity index is 613. The molecule has 0 aromatic heterocycles. The Morgan fingerprint density at radius 2 is 1.79 bits per heavy atom. The molecule has 0 radical (unpaired) electrons.